The molecule has 1 aromatic heterocycles. The molecule has 0 unspecified atom stereocenters. The van der Waals surface area contributed by atoms with Gasteiger partial charge in [-0.2, -0.15) is 18.3 Å². The molecule has 144 valence electrons. The van der Waals surface area contributed by atoms with E-state index < -0.39 is 16.1 Å². The fraction of sp³-hybridized carbons (Fsp3) is 0.500. The number of carbonyl (C=O) groups is 1. The van der Waals surface area contributed by atoms with Gasteiger partial charge < -0.3 is 5.32 Å². The van der Waals surface area contributed by atoms with Crippen LogP contribution in [-0.2, 0) is 35.7 Å². The fourth-order valence-corrected chi connectivity index (χ4v) is 4.69. The van der Waals surface area contributed by atoms with Gasteiger partial charge in [-0.25, -0.2) is 9.52 Å². The van der Waals surface area contributed by atoms with Gasteiger partial charge in [-0.1, -0.05) is 6.07 Å². The number of anilines is 1. The highest BCUT2D eigenvalue weighted by atomic mass is 32.2. The molecule has 4 rings (SSSR count). The molecule has 2 amide bonds. The lowest BCUT2D eigenvalue weighted by Gasteiger charge is -2.16. The van der Waals surface area contributed by atoms with E-state index in [9.17, 15) is 13.2 Å². The van der Waals surface area contributed by atoms with E-state index in [0.717, 1.165) is 61.5 Å². The van der Waals surface area contributed by atoms with Crippen LogP contribution in [0.4, 0.5) is 10.5 Å². The second kappa shape index (κ2) is 6.63. The third kappa shape index (κ3) is 3.31. The van der Waals surface area contributed by atoms with Crippen molar-refractivity contribution in [2.24, 2.45) is 0 Å². The number of fused-ring (bicyclic) bond motifs is 2. The summed E-state index contributed by atoms with van der Waals surface area (Å²) in [6.07, 6.45) is 7.11. The SMILES string of the molecule is CC(C)n1ncc(S(=O)(=O)NC(=O)Nc2c3c(cc4c2CCC4)CCC3)n1. The molecule has 0 spiro atoms. The van der Waals surface area contributed by atoms with Gasteiger partial charge in [0.25, 0.3) is 10.0 Å². The first kappa shape index (κ1) is 18.0. The van der Waals surface area contributed by atoms with Crippen LogP contribution in [0, 0.1) is 0 Å². The predicted octanol–water partition coefficient (Wildman–Crippen LogP) is 2.35. The van der Waals surface area contributed by atoms with Crippen molar-refractivity contribution in [3.63, 3.8) is 0 Å². The zero-order chi connectivity index (χ0) is 19.2. The fourth-order valence-electron chi connectivity index (χ4n) is 3.91. The number of hydrogen-bond acceptors (Lipinski definition) is 5. The second-order valence-corrected chi connectivity index (χ2v) is 9.02. The minimum atomic E-state index is -4.08. The molecule has 27 heavy (non-hydrogen) atoms. The molecule has 0 saturated heterocycles. The molecule has 2 aliphatic rings. The van der Waals surface area contributed by atoms with Crippen molar-refractivity contribution in [2.45, 2.75) is 63.4 Å². The van der Waals surface area contributed by atoms with E-state index in [1.54, 1.807) is 0 Å². The van der Waals surface area contributed by atoms with Gasteiger partial charge in [0, 0.05) is 5.69 Å². The average Bonchev–Trinajstić information content (AvgIpc) is 3.34. The second-order valence-electron chi connectivity index (χ2n) is 7.39. The number of benzene rings is 1. The monoisotopic (exact) mass is 389 g/mol. The standard InChI is InChI=1S/C18H23N5O3S/c1-11(2)23-19-10-16(21-23)27(25,26)22-18(24)20-17-14-7-3-5-12(14)9-13-6-4-8-15(13)17/h9-11H,3-8H2,1-2H3,(H2,20,22,24). The summed E-state index contributed by atoms with van der Waals surface area (Å²) in [5.74, 6) is 0. The van der Waals surface area contributed by atoms with Gasteiger partial charge in [0.1, 0.15) is 0 Å². The lowest BCUT2D eigenvalue weighted by atomic mass is 9.99. The number of sulfonamides is 1. The van der Waals surface area contributed by atoms with Crippen LogP contribution >= 0.6 is 0 Å². The van der Waals surface area contributed by atoms with Crippen LogP contribution in [0.15, 0.2) is 17.3 Å². The molecule has 0 bridgehead atoms. The van der Waals surface area contributed by atoms with Crippen LogP contribution in [0.1, 0.15) is 55.0 Å². The summed E-state index contributed by atoms with van der Waals surface area (Å²) in [6, 6.07) is 1.43. The Morgan fingerprint density at radius 2 is 1.74 bits per heavy atom. The zero-order valence-corrected chi connectivity index (χ0v) is 16.3. The topological polar surface area (TPSA) is 106 Å². The average molecular weight is 389 g/mol. The molecular weight excluding hydrogens is 366 g/mol. The highest BCUT2D eigenvalue weighted by molar-refractivity contribution is 7.90. The van der Waals surface area contributed by atoms with Crippen LogP contribution in [0.5, 0.6) is 0 Å². The van der Waals surface area contributed by atoms with E-state index >= 15 is 0 Å². The first-order chi connectivity index (χ1) is 12.8. The molecule has 2 aliphatic carbocycles. The van der Waals surface area contributed by atoms with Crippen molar-refractivity contribution in [1.82, 2.24) is 19.7 Å². The van der Waals surface area contributed by atoms with E-state index in [-0.39, 0.29) is 11.1 Å². The Hall–Kier alpha value is -2.42. The largest absolute Gasteiger partial charge is 0.333 e. The summed E-state index contributed by atoms with van der Waals surface area (Å²) >= 11 is 0. The summed E-state index contributed by atoms with van der Waals surface area (Å²) in [6.45, 7) is 3.68. The van der Waals surface area contributed by atoms with E-state index in [1.165, 1.54) is 15.9 Å². The van der Waals surface area contributed by atoms with Crippen molar-refractivity contribution in [1.29, 1.82) is 0 Å². The van der Waals surface area contributed by atoms with E-state index in [0.29, 0.717) is 0 Å². The van der Waals surface area contributed by atoms with Crippen LogP contribution < -0.4 is 10.0 Å². The van der Waals surface area contributed by atoms with E-state index in [2.05, 4.69) is 26.3 Å². The number of aryl methyl sites for hydroxylation is 2. The lowest BCUT2D eigenvalue weighted by Crippen LogP contribution is -2.35. The van der Waals surface area contributed by atoms with Gasteiger partial charge in [-0.15, -0.1) is 5.10 Å². The molecule has 2 N–H and O–H groups in total. The molecule has 2 aromatic rings. The summed E-state index contributed by atoms with van der Waals surface area (Å²) < 4.78 is 27.0. The maximum atomic E-state index is 12.5. The number of urea groups is 1. The number of nitrogens with one attached hydrogen (secondary N) is 2. The number of carbonyl (C=O) groups excluding carboxylic acids is 1. The molecule has 1 heterocycles. The number of aromatic nitrogens is 3. The lowest BCUT2D eigenvalue weighted by molar-refractivity contribution is 0.256. The number of rotatable bonds is 4. The zero-order valence-electron chi connectivity index (χ0n) is 15.4. The van der Waals surface area contributed by atoms with Crippen molar-refractivity contribution in [2.75, 3.05) is 5.32 Å². The normalized spacial score (nSPS) is 15.7. The highest BCUT2D eigenvalue weighted by Crippen LogP contribution is 2.38. The summed E-state index contributed by atoms with van der Waals surface area (Å²) in [7, 11) is -4.08. The molecule has 0 saturated carbocycles. The third-order valence-corrected chi connectivity index (χ3v) is 6.36. The van der Waals surface area contributed by atoms with E-state index in [1.807, 2.05) is 13.8 Å². The summed E-state index contributed by atoms with van der Waals surface area (Å²) in [5.41, 5.74) is 5.64. The van der Waals surface area contributed by atoms with Gasteiger partial charge >= 0.3 is 6.03 Å². The van der Waals surface area contributed by atoms with Crippen LogP contribution in [0.25, 0.3) is 0 Å². The first-order valence-electron chi connectivity index (χ1n) is 9.27. The Balaban J connectivity index is 1.57. The number of hydrogen-bond donors (Lipinski definition) is 2. The van der Waals surface area contributed by atoms with Gasteiger partial charge in [0.05, 0.1) is 12.2 Å². The number of amides is 2. The molecule has 0 aliphatic heterocycles. The minimum Gasteiger partial charge on any atom is -0.307 e. The highest BCUT2D eigenvalue weighted by Gasteiger charge is 2.27. The Kier molecular flexibility index (Phi) is 4.41. The molecule has 9 heteroatoms. The number of nitrogens with zero attached hydrogens (tertiary/aromatic N) is 3. The maximum absolute atomic E-state index is 12.5. The smallest absolute Gasteiger partial charge is 0.307 e. The maximum Gasteiger partial charge on any atom is 0.333 e. The van der Waals surface area contributed by atoms with Gasteiger partial charge in [0.15, 0.2) is 0 Å². The first-order valence-corrected chi connectivity index (χ1v) is 10.8. The molecule has 0 atom stereocenters. The summed E-state index contributed by atoms with van der Waals surface area (Å²) in [4.78, 5) is 13.8. The summed E-state index contributed by atoms with van der Waals surface area (Å²) in [5, 5.41) is 10.4. The van der Waals surface area contributed by atoms with Crippen LogP contribution in [-0.4, -0.2) is 29.4 Å². The van der Waals surface area contributed by atoms with Crippen molar-refractivity contribution >= 4 is 21.7 Å². The van der Waals surface area contributed by atoms with Crippen molar-refractivity contribution in [3.05, 3.63) is 34.5 Å². The van der Waals surface area contributed by atoms with Crippen LogP contribution in [0.3, 0.4) is 0 Å². The molecule has 1 aromatic carbocycles. The Morgan fingerprint density at radius 3 is 2.30 bits per heavy atom. The molecule has 0 radical (unpaired) electrons. The van der Waals surface area contributed by atoms with Gasteiger partial charge in [0.2, 0.25) is 5.03 Å². The van der Waals surface area contributed by atoms with Gasteiger partial charge in [-0.05, 0) is 74.6 Å². The molecule has 8 nitrogen and oxygen atoms in total. The van der Waals surface area contributed by atoms with Crippen molar-refractivity contribution in [3.8, 4) is 0 Å². The minimum absolute atomic E-state index is 0.0720. The Bertz CT molecular complexity index is 978. The third-order valence-electron chi connectivity index (χ3n) is 5.16. The van der Waals surface area contributed by atoms with E-state index in [4.69, 9.17) is 0 Å². The quantitative estimate of drug-likeness (QED) is 0.835. The van der Waals surface area contributed by atoms with Crippen LogP contribution in [0.2, 0.25) is 0 Å². The van der Waals surface area contributed by atoms with Gasteiger partial charge in [-0.3, -0.25) is 0 Å². The predicted molar refractivity (Wildman–Crippen MR) is 100 cm³/mol. The Labute approximate surface area is 158 Å². The molecular formula is C18H23N5O3S. The Morgan fingerprint density at radius 1 is 1.11 bits per heavy atom. The van der Waals surface area contributed by atoms with Crippen molar-refractivity contribution < 1.29 is 13.2 Å². The molecule has 0 fully saturated rings.